The van der Waals surface area contributed by atoms with Gasteiger partial charge in [-0.05, 0) is 30.3 Å². The first-order chi connectivity index (χ1) is 5.72. The number of allylic oxidation sites excluding steroid dienone is 1. The topological polar surface area (TPSA) is 40.5 Å². The maximum Gasteiger partial charge on any atom is 0.0644 e. The van der Waals surface area contributed by atoms with Gasteiger partial charge in [0, 0.05) is 12.0 Å². The number of hydrogen-bond acceptors (Lipinski definition) is 2. The van der Waals surface area contributed by atoms with Crippen LogP contribution in [0.5, 0.6) is 0 Å². The van der Waals surface area contributed by atoms with Gasteiger partial charge in [0.25, 0.3) is 0 Å². The zero-order valence-electron chi connectivity index (χ0n) is 7.45. The Morgan fingerprint density at radius 3 is 2.83 bits per heavy atom. The number of aliphatic hydroxyl groups excluding tert-OH is 2. The molecule has 0 spiro atoms. The van der Waals surface area contributed by atoms with Crippen LogP contribution in [0.25, 0.3) is 0 Å². The van der Waals surface area contributed by atoms with Gasteiger partial charge >= 0.3 is 0 Å². The van der Waals surface area contributed by atoms with Crippen LogP contribution in [-0.4, -0.2) is 23.4 Å². The van der Waals surface area contributed by atoms with Crippen molar-refractivity contribution in [3.8, 4) is 0 Å². The Bertz CT molecular complexity index is 222. The summed E-state index contributed by atoms with van der Waals surface area (Å²) in [5.41, 5.74) is 1.22. The lowest BCUT2D eigenvalue weighted by atomic mass is 9.48. The predicted molar refractivity (Wildman–Crippen MR) is 46.6 cm³/mol. The van der Waals surface area contributed by atoms with Crippen molar-refractivity contribution < 1.29 is 10.2 Å². The van der Waals surface area contributed by atoms with E-state index in [1.54, 1.807) is 0 Å². The summed E-state index contributed by atoms with van der Waals surface area (Å²) in [6, 6.07) is 0. The van der Waals surface area contributed by atoms with Crippen LogP contribution in [0, 0.1) is 17.3 Å². The van der Waals surface area contributed by atoms with Crippen molar-refractivity contribution in [2.24, 2.45) is 17.3 Å². The highest BCUT2D eigenvalue weighted by Gasteiger charge is 2.53. The predicted octanol–water partition coefficient (Wildman–Crippen LogP) is 0.944. The average molecular weight is 168 g/mol. The quantitative estimate of drug-likeness (QED) is 0.602. The molecule has 2 N–H and O–H groups in total. The maximum absolute atomic E-state index is 9.26. The Labute approximate surface area is 72.9 Å². The molecule has 0 unspecified atom stereocenters. The highest BCUT2D eigenvalue weighted by molar-refractivity contribution is 5.24. The molecule has 1 saturated carbocycles. The maximum atomic E-state index is 9.26. The molecule has 68 valence electrons. The van der Waals surface area contributed by atoms with Crippen LogP contribution >= 0.6 is 0 Å². The molecule has 2 nitrogen and oxygen atoms in total. The number of rotatable bonds is 2. The summed E-state index contributed by atoms with van der Waals surface area (Å²) in [7, 11) is 0. The summed E-state index contributed by atoms with van der Waals surface area (Å²) in [4.78, 5) is 0. The molecule has 2 heteroatoms. The van der Waals surface area contributed by atoms with Gasteiger partial charge in [0.05, 0.1) is 6.61 Å². The van der Waals surface area contributed by atoms with Gasteiger partial charge in [-0.25, -0.2) is 0 Å². The van der Waals surface area contributed by atoms with Gasteiger partial charge in [0.15, 0.2) is 0 Å². The third kappa shape index (κ3) is 0.824. The van der Waals surface area contributed by atoms with Crippen LogP contribution in [0.2, 0.25) is 0 Å². The SMILES string of the molecule is C[C@@]1(CO)[C@H]2CC=C(CO)[C@@H]1C2. The van der Waals surface area contributed by atoms with Gasteiger partial charge in [-0.1, -0.05) is 13.0 Å². The monoisotopic (exact) mass is 168 g/mol. The Morgan fingerprint density at radius 2 is 2.33 bits per heavy atom. The number of hydrogen-bond donors (Lipinski definition) is 2. The van der Waals surface area contributed by atoms with Crippen molar-refractivity contribution in [1.29, 1.82) is 0 Å². The molecule has 0 aromatic heterocycles. The van der Waals surface area contributed by atoms with E-state index < -0.39 is 0 Å². The van der Waals surface area contributed by atoms with Crippen LogP contribution in [-0.2, 0) is 0 Å². The van der Waals surface area contributed by atoms with Crippen LogP contribution in [0.15, 0.2) is 11.6 Å². The first-order valence-electron chi connectivity index (χ1n) is 4.63. The van der Waals surface area contributed by atoms with Gasteiger partial charge in [-0.2, -0.15) is 0 Å². The summed E-state index contributed by atoms with van der Waals surface area (Å²) in [5.74, 6) is 1.11. The third-order valence-corrected chi connectivity index (χ3v) is 3.88. The zero-order valence-corrected chi connectivity index (χ0v) is 7.45. The second kappa shape index (κ2) is 2.57. The zero-order chi connectivity index (χ0) is 8.77. The number of aliphatic hydroxyl groups is 2. The molecule has 0 saturated heterocycles. The molecule has 0 aromatic rings. The van der Waals surface area contributed by atoms with Crippen LogP contribution in [0.3, 0.4) is 0 Å². The molecule has 0 aromatic carbocycles. The van der Waals surface area contributed by atoms with Gasteiger partial charge in [-0.15, -0.1) is 0 Å². The molecule has 0 radical (unpaired) electrons. The van der Waals surface area contributed by atoms with E-state index in [0.717, 1.165) is 12.0 Å². The average Bonchev–Trinajstić information content (AvgIpc) is 2.16. The summed E-state index contributed by atoms with van der Waals surface area (Å²) >= 11 is 0. The molecule has 2 bridgehead atoms. The molecular weight excluding hydrogens is 152 g/mol. The van der Waals surface area contributed by atoms with Crippen molar-refractivity contribution >= 4 is 0 Å². The van der Waals surface area contributed by atoms with Crippen molar-refractivity contribution in [3.63, 3.8) is 0 Å². The molecule has 3 aliphatic carbocycles. The van der Waals surface area contributed by atoms with Crippen molar-refractivity contribution in [2.75, 3.05) is 13.2 Å². The molecule has 0 amide bonds. The lowest BCUT2D eigenvalue weighted by Gasteiger charge is -2.57. The van der Waals surface area contributed by atoms with E-state index in [-0.39, 0.29) is 18.6 Å². The summed E-state index contributed by atoms with van der Waals surface area (Å²) in [6.45, 7) is 2.57. The van der Waals surface area contributed by atoms with Crippen molar-refractivity contribution in [2.45, 2.75) is 19.8 Å². The Kier molecular flexibility index (Phi) is 1.77. The molecule has 12 heavy (non-hydrogen) atoms. The fourth-order valence-corrected chi connectivity index (χ4v) is 2.74. The number of fused-ring (bicyclic) bond motifs is 1. The first-order valence-corrected chi connectivity index (χ1v) is 4.63. The van der Waals surface area contributed by atoms with Crippen LogP contribution < -0.4 is 0 Å². The molecule has 3 rings (SSSR count). The van der Waals surface area contributed by atoms with E-state index in [4.69, 9.17) is 5.11 Å². The summed E-state index contributed by atoms with van der Waals surface area (Å²) < 4.78 is 0. The Hall–Kier alpha value is -0.340. The smallest absolute Gasteiger partial charge is 0.0644 e. The first kappa shape index (κ1) is 8.27. The molecule has 1 fully saturated rings. The highest BCUT2D eigenvalue weighted by Crippen LogP contribution is 2.58. The molecule has 0 heterocycles. The van der Waals surface area contributed by atoms with E-state index in [2.05, 4.69) is 13.0 Å². The largest absolute Gasteiger partial charge is 0.396 e. The van der Waals surface area contributed by atoms with E-state index in [1.165, 1.54) is 6.42 Å². The van der Waals surface area contributed by atoms with Crippen LogP contribution in [0.4, 0.5) is 0 Å². The minimum atomic E-state index is 0.0762. The van der Waals surface area contributed by atoms with Crippen LogP contribution in [0.1, 0.15) is 19.8 Å². The fraction of sp³-hybridized carbons (Fsp3) is 0.800. The molecule has 0 aliphatic heterocycles. The molecular formula is C10H16O2. The molecule has 3 aliphatic rings. The highest BCUT2D eigenvalue weighted by atomic mass is 16.3. The van der Waals surface area contributed by atoms with Crippen molar-refractivity contribution in [1.82, 2.24) is 0 Å². The standard InChI is InChI=1S/C10H16O2/c1-10(6-12)8-3-2-7(5-11)9(10)4-8/h2,8-9,11-12H,3-6H2,1H3/t8-,9-,10+/m0/s1. The van der Waals surface area contributed by atoms with E-state index in [0.29, 0.717) is 11.8 Å². The summed E-state index contributed by atoms with van der Waals surface area (Å²) in [5, 5.41) is 18.3. The minimum absolute atomic E-state index is 0.0762. The van der Waals surface area contributed by atoms with E-state index in [1.807, 2.05) is 0 Å². The van der Waals surface area contributed by atoms with E-state index in [9.17, 15) is 5.11 Å². The second-order valence-electron chi connectivity index (χ2n) is 4.32. The van der Waals surface area contributed by atoms with Gasteiger partial charge in [-0.3, -0.25) is 0 Å². The second-order valence-corrected chi connectivity index (χ2v) is 4.32. The third-order valence-electron chi connectivity index (χ3n) is 3.88. The normalized spacial score (nSPS) is 45.1. The Balaban J connectivity index is 2.21. The lowest BCUT2D eigenvalue weighted by molar-refractivity contribution is -0.0717. The molecule has 3 atom stereocenters. The van der Waals surface area contributed by atoms with Crippen molar-refractivity contribution in [3.05, 3.63) is 11.6 Å². The minimum Gasteiger partial charge on any atom is -0.396 e. The van der Waals surface area contributed by atoms with Gasteiger partial charge < -0.3 is 10.2 Å². The lowest BCUT2D eigenvalue weighted by Crippen LogP contribution is -2.52. The van der Waals surface area contributed by atoms with E-state index >= 15 is 0 Å². The summed E-state index contributed by atoms with van der Waals surface area (Å²) in [6.07, 6.45) is 4.36. The fourth-order valence-electron chi connectivity index (χ4n) is 2.74. The Morgan fingerprint density at radius 1 is 1.58 bits per heavy atom. The van der Waals surface area contributed by atoms with Gasteiger partial charge in [0.2, 0.25) is 0 Å². The van der Waals surface area contributed by atoms with Gasteiger partial charge in [0.1, 0.15) is 0 Å².